The molecule has 0 radical (unpaired) electrons. The molecule has 0 aliphatic carbocycles. The number of nitrogens with zero attached hydrogens (tertiary/aromatic N) is 3. The molecule has 116 valence electrons. The van der Waals surface area contributed by atoms with E-state index in [2.05, 4.69) is 40.2 Å². The van der Waals surface area contributed by atoms with Crippen LogP contribution in [0.3, 0.4) is 0 Å². The normalized spacial score (nSPS) is 20.0. The second-order valence-electron chi connectivity index (χ2n) is 5.84. The Morgan fingerprint density at radius 2 is 1.86 bits per heavy atom. The Kier molecular flexibility index (Phi) is 4.91. The van der Waals surface area contributed by atoms with Gasteiger partial charge in [0.15, 0.2) is 0 Å². The molecule has 1 aromatic carbocycles. The number of benzene rings is 1. The standard InChI is InChI=1S/C18H24N4/c19-22-15-5-12-20-18(22)7-4-6-16-8-10-17(11-9-16)21-13-2-1-3-14-21/h5,7-12,15H,1-4,6,13-14,19H2/b18-7-. The fourth-order valence-corrected chi connectivity index (χ4v) is 2.95. The smallest absolute Gasteiger partial charge is 0.142 e. The molecule has 0 atom stereocenters. The third kappa shape index (κ3) is 3.77. The van der Waals surface area contributed by atoms with Gasteiger partial charge >= 0.3 is 0 Å². The highest BCUT2D eigenvalue weighted by molar-refractivity contribution is 5.73. The molecule has 0 amide bonds. The number of nitrogens with two attached hydrogens (primary N) is 1. The van der Waals surface area contributed by atoms with Crippen LogP contribution >= 0.6 is 0 Å². The molecule has 4 nitrogen and oxygen atoms in total. The van der Waals surface area contributed by atoms with Crippen molar-refractivity contribution in [2.24, 2.45) is 10.8 Å². The lowest BCUT2D eigenvalue weighted by atomic mass is 10.1. The Morgan fingerprint density at radius 3 is 2.59 bits per heavy atom. The van der Waals surface area contributed by atoms with Gasteiger partial charge in [-0.3, -0.25) is 5.01 Å². The van der Waals surface area contributed by atoms with Gasteiger partial charge in [-0.15, -0.1) is 0 Å². The van der Waals surface area contributed by atoms with Crippen LogP contribution in [0.4, 0.5) is 5.69 Å². The molecule has 4 heteroatoms. The highest BCUT2D eigenvalue weighted by Gasteiger charge is 2.10. The van der Waals surface area contributed by atoms with E-state index in [0.717, 1.165) is 18.7 Å². The molecule has 2 aliphatic rings. The SMILES string of the molecule is NN1C=CC=N/C1=C/CCc1ccc(N2CCCCC2)cc1. The third-order valence-corrected chi connectivity index (χ3v) is 4.22. The number of aliphatic imine (C=N–C) groups is 1. The summed E-state index contributed by atoms with van der Waals surface area (Å²) in [6.07, 6.45) is 13.5. The van der Waals surface area contributed by atoms with Gasteiger partial charge in [-0.2, -0.15) is 0 Å². The minimum absolute atomic E-state index is 0.812. The van der Waals surface area contributed by atoms with E-state index in [0.29, 0.717) is 0 Å². The Labute approximate surface area is 132 Å². The van der Waals surface area contributed by atoms with Crippen LogP contribution in [-0.2, 0) is 6.42 Å². The zero-order chi connectivity index (χ0) is 15.2. The Morgan fingerprint density at radius 1 is 1.09 bits per heavy atom. The monoisotopic (exact) mass is 296 g/mol. The zero-order valence-corrected chi connectivity index (χ0v) is 13.0. The minimum atomic E-state index is 0.812. The number of anilines is 1. The average Bonchev–Trinajstić information content (AvgIpc) is 2.58. The van der Waals surface area contributed by atoms with Crippen molar-refractivity contribution in [3.05, 3.63) is 54.0 Å². The maximum atomic E-state index is 5.82. The van der Waals surface area contributed by atoms with Gasteiger partial charge in [0.1, 0.15) is 5.82 Å². The van der Waals surface area contributed by atoms with E-state index in [9.17, 15) is 0 Å². The summed E-state index contributed by atoms with van der Waals surface area (Å²) in [5, 5.41) is 1.56. The van der Waals surface area contributed by atoms with Gasteiger partial charge < -0.3 is 4.90 Å². The molecule has 0 saturated carbocycles. The number of hydrogen-bond acceptors (Lipinski definition) is 4. The molecule has 22 heavy (non-hydrogen) atoms. The predicted molar refractivity (Wildman–Crippen MR) is 92.6 cm³/mol. The van der Waals surface area contributed by atoms with Crippen LogP contribution in [0.5, 0.6) is 0 Å². The summed E-state index contributed by atoms with van der Waals surface area (Å²) >= 11 is 0. The zero-order valence-electron chi connectivity index (χ0n) is 13.0. The minimum Gasteiger partial charge on any atom is -0.372 e. The third-order valence-electron chi connectivity index (χ3n) is 4.22. The number of piperidine rings is 1. The maximum absolute atomic E-state index is 5.82. The van der Waals surface area contributed by atoms with E-state index in [4.69, 9.17) is 5.84 Å². The average molecular weight is 296 g/mol. The molecule has 1 fully saturated rings. The maximum Gasteiger partial charge on any atom is 0.142 e. The van der Waals surface area contributed by atoms with E-state index in [1.165, 1.54) is 43.6 Å². The molecule has 2 N–H and O–H groups in total. The predicted octanol–water partition coefficient (Wildman–Crippen LogP) is 3.22. The first-order chi connectivity index (χ1) is 10.8. The van der Waals surface area contributed by atoms with Gasteiger partial charge in [0, 0.05) is 31.2 Å². The van der Waals surface area contributed by atoms with Crippen LogP contribution in [0, 0.1) is 0 Å². The Hall–Kier alpha value is -2.07. The topological polar surface area (TPSA) is 44.9 Å². The summed E-state index contributed by atoms with van der Waals surface area (Å²) in [6, 6.07) is 8.99. The van der Waals surface area contributed by atoms with E-state index in [1.54, 1.807) is 11.2 Å². The number of rotatable bonds is 4. The summed E-state index contributed by atoms with van der Waals surface area (Å²) in [5.74, 6) is 6.63. The van der Waals surface area contributed by atoms with E-state index >= 15 is 0 Å². The van der Waals surface area contributed by atoms with Crippen LogP contribution in [0.25, 0.3) is 0 Å². The Balaban J connectivity index is 1.54. The number of hydrogen-bond donors (Lipinski definition) is 1. The second-order valence-corrected chi connectivity index (χ2v) is 5.84. The number of hydrazine groups is 1. The molecule has 0 unspecified atom stereocenters. The van der Waals surface area contributed by atoms with Crippen molar-refractivity contribution in [2.45, 2.75) is 32.1 Å². The van der Waals surface area contributed by atoms with Gasteiger partial charge in [-0.05, 0) is 62.0 Å². The summed E-state index contributed by atoms with van der Waals surface area (Å²) < 4.78 is 0. The van der Waals surface area contributed by atoms with Crippen LogP contribution in [-0.4, -0.2) is 24.3 Å². The van der Waals surface area contributed by atoms with E-state index < -0.39 is 0 Å². The van der Waals surface area contributed by atoms with Crippen molar-refractivity contribution in [1.82, 2.24) is 5.01 Å². The lowest BCUT2D eigenvalue weighted by molar-refractivity contribution is 0.481. The molecule has 3 rings (SSSR count). The first kappa shape index (κ1) is 14.9. The highest BCUT2D eigenvalue weighted by Crippen LogP contribution is 2.20. The summed E-state index contributed by atoms with van der Waals surface area (Å²) in [5.41, 5.74) is 2.72. The van der Waals surface area contributed by atoms with E-state index in [1.807, 2.05) is 12.3 Å². The van der Waals surface area contributed by atoms with Crippen LogP contribution in [0.2, 0.25) is 0 Å². The molecule has 0 spiro atoms. The quantitative estimate of drug-likeness (QED) is 0.868. The first-order valence-corrected chi connectivity index (χ1v) is 8.12. The molecule has 2 heterocycles. The van der Waals surface area contributed by atoms with Crippen molar-refractivity contribution in [1.29, 1.82) is 0 Å². The highest BCUT2D eigenvalue weighted by atomic mass is 15.4. The van der Waals surface area contributed by atoms with Crippen molar-refractivity contribution in [2.75, 3.05) is 18.0 Å². The number of allylic oxidation sites excluding steroid dienone is 2. The molecule has 1 aromatic rings. The molecule has 1 saturated heterocycles. The van der Waals surface area contributed by atoms with Crippen molar-refractivity contribution in [3.63, 3.8) is 0 Å². The van der Waals surface area contributed by atoms with Crippen LogP contribution < -0.4 is 10.7 Å². The first-order valence-electron chi connectivity index (χ1n) is 8.12. The molecule has 0 aromatic heterocycles. The lowest BCUT2D eigenvalue weighted by Crippen LogP contribution is -2.29. The largest absolute Gasteiger partial charge is 0.372 e. The van der Waals surface area contributed by atoms with Gasteiger partial charge in [0.2, 0.25) is 0 Å². The van der Waals surface area contributed by atoms with Crippen molar-refractivity contribution < 1.29 is 0 Å². The summed E-state index contributed by atoms with van der Waals surface area (Å²) in [7, 11) is 0. The number of aryl methyl sites for hydroxylation is 1. The van der Waals surface area contributed by atoms with E-state index in [-0.39, 0.29) is 0 Å². The second kappa shape index (κ2) is 7.27. The lowest BCUT2D eigenvalue weighted by Gasteiger charge is -2.28. The van der Waals surface area contributed by atoms with Gasteiger partial charge in [-0.1, -0.05) is 12.1 Å². The molecule has 0 bridgehead atoms. The fraction of sp³-hybridized carbons (Fsp3) is 0.389. The van der Waals surface area contributed by atoms with Gasteiger partial charge in [0.25, 0.3) is 0 Å². The van der Waals surface area contributed by atoms with Crippen molar-refractivity contribution >= 4 is 11.9 Å². The fourth-order valence-electron chi connectivity index (χ4n) is 2.95. The summed E-state index contributed by atoms with van der Waals surface area (Å²) in [4.78, 5) is 6.75. The van der Waals surface area contributed by atoms with Gasteiger partial charge in [-0.25, -0.2) is 10.8 Å². The molecule has 2 aliphatic heterocycles. The van der Waals surface area contributed by atoms with Crippen molar-refractivity contribution in [3.8, 4) is 0 Å². The molecular weight excluding hydrogens is 272 g/mol. The van der Waals surface area contributed by atoms with Gasteiger partial charge in [0.05, 0.1) is 0 Å². The van der Waals surface area contributed by atoms with Crippen LogP contribution in [0.1, 0.15) is 31.2 Å². The Bertz CT molecular complexity index is 565. The summed E-state index contributed by atoms with van der Waals surface area (Å²) in [6.45, 7) is 2.40. The molecular formula is C18H24N4. The van der Waals surface area contributed by atoms with Crippen LogP contribution in [0.15, 0.2) is 53.4 Å².